The van der Waals surface area contributed by atoms with E-state index in [9.17, 15) is 21.6 Å². The zero-order valence-corrected chi connectivity index (χ0v) is 14.4. The lowest BCUT2D eigenvalue weighted by atomic mass is 9.90. The summed E-state index contributed by atoms with van der Waals surface area (Å²) in [6.07, 6.45) is 11.7. The van der Waals surface area contributed by atoms with Gasteiger partial charge in [0.15, 0.2) is 0 Å². The van der Waals surface area contributed by atoms with E-state index in [4.69, 9.17) is 5.73 Å². The number of nitrogens with one attached hydrogen (secondary N) is 1. The van der Waals surface area contributed by atoms with E-state index in [0.29, 0.717) is 0 Å². The number of sulfonamides is 1. The van der Waals surface area contributed by atoms with Gasteiger partial charge in [0.2, 0.25) is 0 Å². The van der Waals surface area contributed by atoms with E-state index < -0.39 is 15.5 Å². The average molecular weight is 375 g/mol. The Kier molecular flexibility index (Phi) is 11.1. The molecular weight excluding hydrogens is 341 g/mol. The molecule has 0 aromatic carbocycles. The monoisotopic (exact) mass is 374 g/mol. The second kappa shape index (κ2) is 11.3. The van der Waals surface area contributed by atoms with Gasteiger partial charge in [0.1, 0.15) is 0 Å². The molecule has 0 spiro atoms. The minimum Gasteiger partial charge on any atom is -0.330 e. The Morgan fingerprint density at radius 3 is 1.62 bits per heavy atom. The van der Waals surface area contributed by atoms with Crippen LogP contribution in [0.5, 0.6) is 0 Å². The van der Waals surface area contributed by atoms with Gasteiger partial charge in [-0.25, -0.2) is 13.1 Å². The van der Waals surface area contributed by atoms with E-state index in [-0.39, 0.29) is 19.9 Å². The predicted molar refractivity (Wildman–Crippen MR) is 91.9 cm³/mol. The summed E-state index contributed by atoms with van der Waals surface area (Å²) >= 11 is 0. The molecule has 0 atom stereocenters. The first-order valence-electron chi connectivity index (χ1n) is 8.52. The van der Waals surface area contributed by atoms with Crippen molar-refractivity contribution in [1.29, 1.82) is 0 Å². The standard InChI is InChI=1S/C8H14F3NO2S.C7H15N.CH4/c9-8(10,11)15(13,14)12-6-7-4-2-1-3-5-7;8-6-7-4-2-1-3-5-7;/h7,12H,1-6H2;7H,1-6,8H2;1H4. The Hall–Kier alpha value is -0.340. The van der Waals surface area contributed by atoms with Crippen LogP contribution in [0.15, 0.2) is 0 Å². The van der Waals surface area contributed by atoms with Gasteiger partial charge in [0.25, 0.3) is 0 Å². The predicted octanol–water partition coefficient (Wildman–Crippen LogP) is 4.17. The Morgan fingerprint density at radius 1 is 0.875 bits per heavy atom. The highest BCUT2D eigenvalue weighted by molar-refractivity contribution is 7.90. The van der Waals surface area contributed by atoms with Gasteiger partial charge in [-0.2, -0.15) is 13.2 Å². The van der Waals surface area contributed by atoms with Crippen molar-refractivity contribution in [3.8, 4) is 0 Å². The zero-order chi connectivity index (χ0) is 17.3. The van der Waals surface area contributed by atoms with Crippen molar-refractivity contribution in [2.24, 2.45) is 17.6 Å². The summed E-state index contributed by atoms with van der Waals surface area (Å²) in [6, 6.07) is 0. The van der Waals surface area contributed by atoms with Gasteiger partial charge in [0, 0.05) is 6.54 Å². The molecule has 0 heterocycles. The average Bonchev–Trinajstić information content (AvgIpc) is 2.54. The van der Waals surface area contributed by atoms with Crippen LogP contribution in [0.4, 0.5) is 13.2 Å². The van der Waals surface area contributed by atoms with E-state index in [1.54, 1.807) is 4.72 Å². The molecule has 24 heavy (non-hydrogen) atoms. The topological polar surface area (TPSA) is 72.2 Å². The lowest BCUT2D eigenvalue weighted by molar-refractivity contribution is -0.0448. The van der Waals surface area contributed by atoms with Gasteiger partial charge in [-0.15, -0.1) is 0 Å². The fourth-order valence-corrected chi connectivity index (χ4v) is 3.74. The highest BCUT2D eigenvalue weighted by Gasteiger charge is 2.45. The molecule has 8 heteroatoms. The van der Waals surface area contributed by atoms with Crippen LogP contribution in [0, 0.1) is 11.8 Å². The molecule has 2 rings (SSSR count). The Balaban J connectivity index is 0.000000498. The third kappa shape index (κ3) is 8.67. The molecule has 146 valence electrons. The Bertz CT molecular complexity index is 416. The van der Waals surface area contributed by atoms with Crippen LogP contribution in [0.3, 0.4) is 0 Å². The molecule has 4 nitrogen and oxygen atoms in total. The number of rotatable bonds is 4. The van der Waals surface area contributed by atoms with Crippen LogP contribution in [0.1, 0.15) is 71.6 Å². The number of hydrogen-bond acceptors (Lipinski definition) is 3. The van der Waals surface area contributed by atoms with Crippen LogP contribution >= 0.6 is 0 Å². The van der Waals surface area contributed by atoms with Crippen molar-refractivity contribution in [3.05, 3.63) is 0 Å². The summed E-state index contributed by atoms with van der Waals surface area (Å²) in [5.74, 6) is 0.916. The number of alkyl halides is 3. The van der Waals surface area contributed by atoms with E-state index in [2.05, 4.69) is 0 Å². The third-order valence-corrected chi connectivity index (χ3v) is 5.81. The van der Waals surface area contributed by atoms with Gasteiger partial charge >= 0.3 is 15.5 Å². The fourth-order valence-electron chi connectivity index (χ4n) is 3.12. The molecule has 2 aliphatic carbocycles. The first-order chi connectivity index (χ1) is 10.8. The van der Waals surface area contributed by atoms with Gasteiger partial charge in [-0.05, 0) is 44.1 Å². The minimum absolute atomic E-state index is 0. The molecule has 0 amide bonds. The maximum atomic E-state index is 11.9. The minimum atomic E-state index is -5.19. The molecule has 2 saturated carbocycles. The maximum absolute atomic E-state index is 11.9. The van der Waals surface area contributed by atoms with Gasteiger partial charge in [0.05, 0.1) is 0 Å². The van der Waals surface area contributed by atoms with Crippen molar-refractivity contribution < 1.29 is 21.6 Å². The third-order valence-electron chi connectivity index (χ3n) is 4.65. The Labute approximate surface area is 144 Å². The molecule has 0 saturated heterocycles. The van der Waals surface area contributed by atoms with E-state index in [1.165, 1.54) is 32.1 Å². The molecule has 0 aromatic rings. The quantitative estimate of drug-likeness (QED) is 0.776. The van der Waals surface area contributed by atoms with Crippen molar-refractivity contribution in [2.75, 3.05) is 13.1 Å². The smallest absolute Gasteiger partial charge is 0.330 e. The van der Waals surface area contributed by atoms with Crippen LogP contribution in [-0.4, -0.2) is 27.0 Å². The summed E-state index contributed by atoms with van der Waals surface area (Å²) in [5, 5.41) is 0. The van der Waals surface area contributed by atoms with Crippen molar-refractivity contribution in [2.45, 2.75) is 77.1 Å². The largest absolute Gasteiger partial charge is 0.511 e. The first-order valence-corrected chi connectivity index (χ1v) is 10.0. The van der Waals surface area contributed by atoms with Crippen LogP contribution in [0.2, 0.25) is 0 Å². The highest BCUT2D eigenvalue weighted by atomic mass is 32.2. The molecule has 2 aliphatic rings. The van der Waals surface area contributed by atoms with E-state index in [0.717, 1.165) is 44.6 Å². The molecular formula is C16H33F3N2O2S. The SMILES string of the molecule is C.NCC1CCCCC1.O=S(=O)(NCC1CCCCC1)C(F)(F)F. The van der Waals surface area contributed by atoms with Gasteiger partial charge in [-0.3, -0.25) is 0 Å². The van der Waals surface area contributed by atoms with E-state index >= 15 is 0 Å². The van der Waals surface area contributed by atoms with Crippen LogP contribution in [-0.2, 0) is 10.0 Å². The second-order valence-corrected chi connectivity index (χ2v) is 8.30. The van der Waals surface area contributed by atoms with E-state index in [1.807, 2.05) is 0 Å². The Morgan fingerprint density at radius 2 is 1.29 bits per heavy atom. The van der Waals surface area contributed by atoms with Crippen LogP contribution < -0.4 is 10.5 Å². The van der Waals surface area contributed by atoms with Gasteiger partial charge in [-0.1, -0.05) is 46.0 Å². The molecule has 0 unspecified atom stereocenters. The van der Waals surface area contributed by atoms with Gasteiger partial charge < -0.3 is 5.73 Å². The number of halogens is 3. The van der Waals surface area contributed by atoms with Crippen molar-refractivity contribution in [1.82, 2.24) is 4.72 Å². The summed E-state index contributed by atoms with van der Waals surface area (Å²) in [6.45, 7) is 0.821. The first kappa shape index (κ1) is 23.7. The maximum Gasteiger partial charge on any atom is 0.511 e. The van der Waals surface area contributed by atoms with Crippen molar-refractivity contribution >= 4 is 10.0 Å². The summed E-state index contributed by atoms with van der Waals surface area (Å²) in [4.78, 5) is 0. The lowest BCUT2D eigenvalue weighted by Gasteiger charge is -2.21. The molecule has 0 radical (unpaired) electrons. The molecule has 0 aromatic heterocycles. The molecule has 3 N–H and O–H groups in total. The van der Waals surface area contributed by atoms with Crippen LogP contribution in [0.25, 0.3) is 0 Å². The lowest BCUT2D eigenvalue weighted by Crippen LogP contribution is -2.39. The summed E-state index contributed by atoms with van der Waals surface area (Å²) < 4.78 is 58.7. The molecule has 0 bridgehead atoms. The normalized spacial score (nSPS) is 20.7. The summed E-state index contributed by atoms with van der Waals surface area (Å²) in [5.41, 5.74) is 0.310. The number of nitrogens with two attached hydrogens (primary N) is 1. The van der Waals surface area contributed by atoms with Crippen molar-refractivity contribution in [3.63, 3.8) is 0 Å². The summed E-state index contributed by atoms with van der Waals surface area (Å²) in [7, 11) is -5.15. The second-order valence-electron chi connectivity index (χ2n) is 6.54. The highest BCUT2D eigenvalue weighted by Crippen LogP contribution is 2.25. The fraction of sp³-hybridized carbons (Fsp3) is 1.00. The molecule has 0 aliphatic heterocycles. The molecule has 2 fully saturated rings. The zero-order valence-electron chi connectivity index (χ0n) is 13.6. The number of hydrogen-bond donors (Lipinski definition) is 2.